The molecule has 2 heterocycles. The number of para-hydroxylation sites is 2. The van der Waals surface area contributed by atoms with Gasteiger partial charge in [0, 0.05) is 10.9 Å². The summed E-state index contributed by atoms with van der Waals surface area (Å²) < 4.78 is 6.08. The number of ether oxygens (including phenoxy) is 1. The fourth-order valence-electron chi connectivity index (χ4n) is 5.49. The number of nitrogens with zero attached hydrogens (tertiary/aromatic N) is 3. The van der Waals surface area contributed by atoms with Crippen molar-refractivity contribution in [2.24, 2.45) is 0 Å². The van der Waals surface area contributed by atoms with E-state index in [0.29, 0.717) is 19.1 Å². The Morgan fingerprint density at radius 1 is 0.977 bits per heavy atom. The van der Waals surface area contributed by atoms with Crippen LogP contribution in [0.1, 0.15) is 80.4 Å². The SMILES string of the molecule is CCCC(CCC)c1ccc(OCc2ccc(-c3csc(CN(CC(=O)O)C(C)c4nc5ccccc5[nH]4)n3)cc2)cc1. The van der Waals surface area contributed by atoms with E-state index in [2.05, 4.69) is 72.3 Å². The second-order valence-corrected chi connectivity index (χ2v) is 12.0. The maximum absolute atomic E-state index is 11.7. The van der Waals surface area contributed by atoms with Crippen LogP contribution in [-0.4, -0.2) is 37.5 Å². The summed E-state index contributed by atoms with van der Waals surface area (Å²) in [5, 5.41) is 12.5. The number of benzene rings is 3. The number of aromatic amines is 1. The van der Waals surface area contributed by atoms with Crippen LogP contribution in [-0.2, 0) is 17.9 Å². The van der Waals surface area contributed by atoms with Crippen LogP contribution in [0.4, 0.5) is 0 Å². The number of aromatic nitrogens is 3. The molecule has 8 heteroatoms. The number of rotatable bonds is 15. The largest absolute Gasteiger partial charge is 0.489 e. The third-order valence-electron chi connectivity index (χ3n) is 7.86. The molecular formula is C35H40N4O3S. The molecule has 0 aliphatic heterocycles. The van der Waals surface area contributed by atoms with Gasteiger partial charge in [-0.15, -0.1) is 11.3 Å². The summed E-state index contributed by atoms with van der Waals surface area (Å²) in [5.74, 6) is 1.37. The van der Waals surface area contributed by atoms with Crippen molar-refractivity contribution in [2.45, 2.75) is 71.6 Å². The zero-order valence-corrected chi connectivity index (χ0v) is 25.9. The van der Waals surface area contributed by atoms with E-state index < -0.39 is 5.97 Å². The Kier molecular flexibility index (Phi) is 10.2. The van der Waals surface area contributed by atoms with Gasteiger partial charge in [-0.25, -0.2) is 9.97 Å². The molecule has 0 spiro atoms. The molecule has 0 aliphatic carbocycles. The maximum Gasteiger partial charge on any atom is 0.317 e. The maximum atomic E-state index is 11.7. The third-order valence-corrected chi connectivity index (χ3v) is 8.69. The summed E-state index contributed by atoms with van der Waals surface area (Å²) in [4.78, 5) is 26.4. The molecule has 1 atom stereocenters. The van der Waals surface area contributed by atoms with Crippen LogP contribution in [0.3, 0.4) is 0 Å². The van der Waals surface area contributed by atoms with Crippen molar-refractivity contribution in [1.29, 1.82) is 0 Å². The van der Waals surface area contributed by atoms with E-state index in [1.807, 2.05) is 41.5 Å². The lowest BCUT2D eigenvalue weighted by Crippen LogP contribution is -2.32. The van der Waals surface area contributed by atoms with Crippen LogP contribution >= 0.6 is 11.3 Å². The molecule has 0 aliphatic rings. The van der Waals surface area contributed by atoms with Gasteiger partial charge in [0.15, 0.2) is 0 Å². The predicted octanol–water partition coefficient (Wildman–Crippen LogP) is 8.60. The molecule has 0 amide bonds. The predicted molar refractivity (Wildman–Crippen MR) is 173 cm³/mol. The van der Waals surface area contributed by atoms with Crippen molar-refractivity contribution >= 4 is 28.3 Å². The second-order valence-electron chi connectivity index (χ2n) is 11.1. The minimum atomic E-state index is -0.884. The first-order valence-electron chi connectivity index (χ1n) is 15.1. The quantitative estimate of drug-likeness (QED) is 0.126. The number of fused-ring (bicyclic) bond motifs is 1. The normalized spacial score (nSPS) is 12.3. The summed E-state index contributed by atoms with van der Waals surface area (Å²) >= 11 is 1.54. The average molecular weight is 597 g/mol. The Labute approximate surface area is 257 Å². The Bertz CT molecular complexity index is 1570. The number of nitrogens with one attached hydrogen (secondary N) is 1. The van der Waals surface area contributed by atoms with Crippen molar-refractivity contribution in [3.63, 3.8) is 0 Å². The average Bonchev–Trinajstić information content (AvgIpc) is 3.67. The zero-order chi connectivity index (χ0) is 30.2. The minimum Gasteiger partial charge on any atom is -0.489 e. The molecule has 0 radical (unpaired) electrons. The van der Waals surface area contributed by atoms with Crippen molar-refractivity contribution in [3.8, 4) is 17.0 Å². The topological polar surface area (TPSA) is 91.3 Å². The molecule has 0 fully saturated rings. The van der Waals surface area contributed by atoms with E-state index >= 15 is 0 Å². The molecule has 224 valence electrons. The third kappa shape index (κ3) is 7.89. The smallest absolute Gasteiger partial charge is 0.317 e. The fraction of sp³-hybridized carbons (Fsp3) is 0.343. The van der Waals surface area contributed by atoms with Gasteiger partial charge in [-0.1, -0.05) is 75.2 Å². The van der Waals surface area contributed by atoms with Gasteiger partial charge in [-0.3, -0.25) is 9.69 Å². The molecule has 43 heavy (non-hydrogen) atoms. The lowest BCUT2D eigenvalue weighted by atomic mass is 9.90. The number of hydrogen-bond donors (Lipinski definition) is 2. The molecule has 1 unspecified atom stereocenters. The standard InChI is InChI=1S/C35H40N4O3S/c1-4-8-26(9-5-2)27-16-18-29(19-17-27)42-22-25-12-14-28(15-13-25)32-23-43-33(36-32)20-39(21-34(40)41)24(3)35-37-30-10-6-7-11-31(30)38-35/h6-7,10-19,23-24,26H,4-5,8-9,20-22H2,1-3H3,(H,37,38)(H,40,41). The molecule has 7 nitrogen and oxygen atoms in total. The van der Waals surface area contributed by atoms with E-state index in [4.69, 9.17) is 9.72 Å². The van der Waals surface area contributed by atoms with Gasteiger partial charge in [0.25, 0.3) is 0 Å². The monoisotopic (exact) mass is 596 g/mol. The zero-order valence-electron chi connectivity index (χ0n) is 25.1. The highest BCUT2D eigenvalue weighted by Gasteiger charge is 2.23. The van der Waals surface area contributed by atoms with Crippen molar-refractivity contribution in [3.05, 3.63) is 100 Å². The van der Waals surface area contributed by atoms with Crippen LogP contribution in [0.5, 0.6) is 5.75 Å². The van der Waals surface area contributed by atoms with E-state index in [0.717, 1.165) is 44.4 Å². The number of aliphatic carboxylic acids is 1. The molecule has 5 aromatic rings. The van der Waals surface area contributed by atoms with Crippen molar-refractivity contribution in [1.82, 2.24) is 19.9 Å². The van der Waals surface area contributed by atoms with E-state index in [9.17, 15) is 9.90 Å². The second kappa shape index (κ2) is 14.4. The van der Waals surface area contributed by atoms with Crippen molar-refractivity contribution in [2.75, 3.05) is 6.54 Å². The van der Waals surface area contributed by atoms with Gasteiger partial charge < -0.3 is 14.8 Å². The van der Waals surface area contributed by atoms with Gasteiger partial charge in [0.1, 0.15) is 23.2 Å². The van der Waals surface area contributed by atoms with Crippen LogP contribution in [0.15, 0.2) is 78.2 Å². The Balaban J connectivity index is 1.20. The van der Waals surface area contributed by atoms with E-state index in [-0.39, 0.29) is 12.6 Å². The molecule has 5 rings (SSSR count). The van der Waals surface area contributed by atoms with Gasteiger partial charge in [-0.2, -0.15) is 0 Å². The molecule has 3 aromatic carbocycles. The first-order valence-corrected chi connectivity index (χ1v) is 16.0. The first kappa shape index (κ1) is 30.4. The first-order chi connectivity index (χ1) is 20.9. The van der Waals surface area contributed by atoms with E-state index in [1.54, 1.807) is 0 Å². The number of carbonyl (C=O) groups is 1. The fourth-order valence-corrected chi connectivity index (χ4v) is 6.31. The highest BCUT2D eigenvalue weighted by atomic mass is 32.1. The lowest BCUT2D eigenvalue weighted by Gasteiger charge is -2.25. The highest BCUT2D eigenvalue weighted by molar-refractivity contribution is 7.09. The Hall–Kier alpha value is -4.01. The molecule has 0 saturated carbocycles. The molecule has 2 N–H and O–H groups in total. The van der Waals surface area contributed by atoms with Gasteiger partial charge >= 0.3 is 5.97 Å². The minimum absolute atomic E-state index is 0.109. The number of carboxylic acid groups (broad SMARTS) is 1. The van der Waals surface area contributed by atoms with Crippen LogP contribution in [0.2, 0.25) is 0 Å². The number of hydrogen-bond acceptors (Lipinski definition) is 6. The molecular weight excluding hydrogens is 556 g/mol. The van der Waals surface area contributed by atoms with Crippen LogP contribution in [0.25, 0.3) is 22.3 Å². The summed E-state index contributed by atoms with van der Waals surface area (Å²) in [6.07, 6.45) is 4.85. The molecule has 2 aromatic heterocycles. The number of H-pyrrole nitrogens is 1. The number of carboxylic acids is 1. The van der Waals surface area contributed by atoms with Crippen molar-refractivity contribution < 1.29 is 14.6 Å². The number of imidazole rings is 1. The Morgan fingerprint density at radius 3 is 2.37 bits per heavy atom. The molecule has 0 saturated heterocycles. The van der Waals surface area contributed by atoms with Gasteiger partial charge in [0.05, 0.1) is 35.9 Å². The lowest BCUT2D eigenvalue weighted by molar-refractivity contribution is -0.139. The summed E-state index contributed by atoms with van der Waals surface area (Å²) in [6, 6.07) is 24.5. The molecule has 0 bridgehead atoms. The summed E-state index contributed by atoms with van der Waals surface area (Å²) in [5.41, 5.74) is 6.19. The van der Waals surface area contributed by atoms with E-state index in [1.165, 1.54) is 42.6 Å². The number of thiazole rings is 1. The summed E-state index contributed by atoms with van der Waals surface area (Å²) in [7, 11) is 0. The highest BCUT2D eigenvalue weighted by Crippen LogP contribution is 2.29. The van der Waals surface area contributed by atoms with Crippen LogP contribution in [0, 0.1) is 0 Å². The van der Waals surface area contributed by atoms with Crippen LogP contribution < -0.4 is 4.74 Å². The van der Waals surface area contributed by atoms with Gasteiger partial charge in [-0.05, 0) is 61.1 Å². The van der Waals surface area contributed by atoms with Gasteiger partial charge in [0.2, 0.25) is 0 Å². The summed E-state index contributed by atoms with van der Waals surface area (Å²) in [6.45, 7) is 7.28. The Morgan fingerprint density at radius 2 is 1.70 bits per heavy atom.